The Morgan fingerprint density at radius 1 is 0.964 bits per heavy atom. The lowest BCUT2D eigenvalue weighted by atomic mass is 10.1. The Morgan fingerprint density at radius 3 is 2.54 bits per heavy atom. The molecule has 0 radical (unpaired) electrons. The molecule has 6 heteroatoms. The van der Waals surface area contributed by atoms with Crippen LogP contribution in [0.4, 0.5) is 5.69 Å². The molecule has 2 aromatic heterocycles. The zero-order chi connectivity index (χ0) is 19.1. The van der Waals surface area contributed by atoms with E-state index in [0.717, 1.165) is 48.1 Å². The van der Waals surface area contributed by atoms with Crippen molar-refractivity contribution in [1.82, 2.24) is 9.97 Å². The highest BCUT2D eigenvalue weighted by Gasteiger charge is 2.22. The van der Waals surface area contributed by atoms with Crippen LogP contribution in [0, 0.1) is 0 Å². The first-order valence-electron chi connectivity index (χ1n) is 9.45. The topological polar surface area (TPSA) is 59.2 Å². The van der Waals surface area contributed by atoms with Gasteiger partial charge in [-0.2, -0.15) is 0 Å². The van der Waals surface area contributed by atoms with E-state index in [9.17, 15) is 4.79 Å². The van der Waals surface area contributed by atoms with E-state index in [1.54, 1.807) is 6.20 Å². The number of nitrogens with zero attached hydrogens (tertiary/aromatic N) is 3. The zero-order valence-corrected chi connectivity index (χ0v) is 15.9. The summed E-state index contributed by atoms with van der Waals surface area (Å²) in [5.74, 6) is 0.639. The van der Waals surface area contributed by atoms with Crippen molar-refractivity contribution >= 4 is 39.2 Å². The Hall–Kier alpha value is -2.92. The molecule has 0 amide bonds. The van der Waals surface area contributed by atoms with Crippen LogP contribution >= 0.6 is 11.6 Å². The normalized spacial score (nSPS) is 14.7. The van der Waals surface area contributed by atoms with Gasteiger partial charge in [-0.1, -0.05) is 41.9 Å². The van der Waals surface area contributed by atoms with Gasteiger partial charge >= 0.3 is 5.63 Å². The molecular weight excluding hydrogens is 374 g/mol. The number of fused-ring (bicyclic) bond motifs is 3. The predicted octanol–water partition coefficient (Wildman–Crippen LogP) is 5.05. The molecule has 2 aromatic carbocycles. The molecule has 0 spiro atoms. The SMILES string of the molecule is O=c1oc2c(ccc3nc(-c4ccccc4)ncc32)c(N2CCCCC2)c1Cl. The Bertz CT molecular complexity index is 1230. The summed E-state index contributed by atoms with van der Waals surface area (Å²) in [6, 6.07) is 13.7. The molecule has 28 heavy (non-hydrogen) atoms. The van der Waals surface area contributed by atoms with Crippen LogP contribution in [0.3, 0.4) is 0 Å². The van der Waals surface area contributed by atoms with Gasteiger partial charge in [-0.15, -0.1) is 0 Å². The molecule has 1 fully saturated rings. The van der Waals surface area contributed by atoms with Crippen molar-refractivity contribution in [2.45, 2.75) is 19.3 Å². The van der Waals surface area contributed by atoms with Crippen LogP contribution in [-0.2, 0) is 0 Å². The van der Waals surface area contributed by atoms with Gasteiger partial charge in [0.25, 0.3) is 0 Å². The minimum atomic E-state index is -0.519. The zero-order valence-electron chi connectivity index (χ0n) is 15.2. The smallest absolute Gasteiger partial charge is 0.357 e. The number of halogens is 1. The summed E-state index contributed by atoms with van der Waals surface area (Å²) in [6.45, 7) is 1.78. The summed E-state index contributed by atoms with van der Waals surface area (Å²) >= 11 is 6.38. The van der Waals surface area contributed by atoms with Gasteiger partial charge in [-0.25, -0.2) is 14.8 Å². The molecule has 0 saturated carbocycles. The van der Waals surface area contributed by atoms with Gasteiger partial charge in [-0.05, 0) is 31.4 Å². The average Bonchev–Trinajstić information content (AvgIpc) is 2.75. The van der Waals surface area contributed by atoms with Crippen LogP contribution < -0.4 is 10.5 Å². The van der Waals surface area contributed by atoms with E-state index in [4.69, 9.17) is 16.0 Å². The summed E-state index contributed by atoms with van der Waals surface area (Å²) in [7, 11) is 0. The van der Waals surface area contributed by atoms with Crippen molar-refractivity contribution in [3.63, 3.8) is 0 Å². The molecule has 1 aliphatic heterocycles. The highest BCUT2D eigenvalue weighted by molar-refractivity contribution is 6.34. The van der Waals surface area contributed by atoms with E-state index in [2.05, 4.69) is 14.9 Å². The maximum absolute atomic E-state index is 12.5. The van der Waals surface area contributed by atoms with Gasteiger partial charge in [0.1, 0.15) is 5.02 Å². The van der Waals surface area contributed by atoms with Crippen LogP contribution in [0.2, 0.25) is 5.02 Å². The molecule has 140 valence electrons. The quantitative estimate of drug-likeness (QED) is 0.353. The monoisotopic (exact) mass is 391 g/mol. The van der Waals surface area contributed by atoms with Crippen molar-refractivity contribution in [1.29, 1.82) is 0 Å². The lowest BCUT2D eigenvalue weighted by molar-refractivity contribution is 0.555. The first kappa shape index (κ1) is 17.2. The third-order valence-electron chi connectivity index (χ3n) is 5.26. The molecule has 5 rings (SSSR count). The van der Waals surface area contributed by atoms with Gasteiger partial charge in [0.15, 0.2) is 11.4 Å². The number of hydrogen-bond donors (Lipinski definition) is 0. The Morgan fingerprint density at radius 2 is 1.75 bits per heavy atom. The second-order valence-corrected chi connectivity index (χ2v) is 7.41. The molecule has 0 aliphatic carbocycles. The van der Waals surface area contributed by atoms with E-state index in [-0.39, 0.29) is 5.02 Å². The Kier molecular flexibility index (Phi) is 4.24. The highest BCUT2D eigenvalue weighted by atomic mass is 35.5. The molecule has 0 atom stereocenters. The molecule has 0 unspecified atom stereocenters. The maximum Gasteiger partial charge on any atom is 0.357 e. The number of hydrogen-bond acceptors (Lipinski definition) is 5. The maximum atomic E-state index is 12.5. The van der Waals surface area contributed by atoms with Crippen LogP contribution in [0.5, 0.6) is 0 Å². The standard InChI is InChI=1S/C22H18ClN3O2/c23-18-19(26-11-5-2-6-12-26)15-9-10-17-16(20(15)28-22(18)27)13-24-21(25-17)14-7-3-1-4-8-14/h1,3-4,7-10,13H,2,5-6,11-12H2. The number of aromatic nitrogens is 2. The third-order valence-corrected chi connectivity index (χ3v) is 5.59. The fourth-order valence-corrected chi connectivity index (χ4v) is 4.14. The summed E-state index contributed by atoms with van der Waals surface area (Å²) in [5.41, 5.74) is 2.41. The molecule has 4 aromatic rings. The molecular formula is C22H18ClN3O2. The van der Waals surface area contributed by atoms with E-state index in [0.29, 0.717) is 16.8 Å². The lowest BCUT2D eigenvalue weighted by Crippen LogP contribution is -2.30. The first-order chi connectivity index (χ1) is 13.7. The second-order valence-electron chi connectivity index (χ2n) is 7.03. The van der Waals surface area contributed by atoms with Gasteiger partial charge in [-0.3, -0.25) is 0 Å². The van der Waals surface area contributed by atoms with Crippen molar-refractivity contribution in [2.75, 3.05) is 18.0 Å². The van der Waals surface area contributed by atoms with E-state index in [1.807, 2.05) is 42.5 Å². The van der Waals surface area contributed by atoms with Crippen molar-refractivity contribution in [3.05, 3.63) is 64.1 Å². The van der Waals surface area contributed by atoms with Gasteiger partial charge in [0.2, 0.25) is 0 Å². The molecule has 3 heterocycles. The largest absolute Gasteiger partial charge is 0.421 e. The van der Waals surface area contributed by atoms with Crippen LogP contribution in [0.1, 0.15) is 19.3 Å². The van der Waals surface area contributed by atoms with Crippen molar-refractivity contribution in [2.24, 2.45) is 0 Å². The fraction of sp³-hybridized carbons (Fsp3) is 0.227. The Labute approximate surface area is 166 Å². The summed E-state index contributed by atoms with van der Waals surface area (Å²) < 4.78 is 5.59. The van der Waals surface area contributed by atoms with Gasteiger partial charge in [0, 0.05) is 30.2 Å². The first-order valence-corrected chi connectivity index (χ1v) is 9.82. The molecule has 5 nitrogen and oxygen atoms in total. The number of anilines is 1. The van der Waals surface area contributed by atoms with Crippen molar-refractivity contribution in [3.8, 4) is 11.4 Å². The third kappa shape index (κ3) is 2.83. The van der Waals surface area contributed by atoms with Gasteiger partial charge < -0.3 is 9.32 Å². The number of rotatable bonds is 2. The minimum Gasteiger partial charge on any atom is -0.421 e. The van der Waals surface area contributed by atoms with E-state index in [1.165, 1.54) is 6.42 Å². The molecule has 0 N–H and O–H groups in total. The average molecular weight is 392 g/mol. The van der Waals surface area contributed by atoms with Crippen molar-refractivity contribution < 1.29 is 4.42 Å². The second kappa shape index (κ2) is 6.91. The summed E-state index contributed by atoms with van der Waals surface area (Å²) in [5, 5.41) is 1.69. The van der Waals surface area contributed by atoms with E-state index >= 15 is 0 Å². The number of benzene rings is 2. The minimum absolute atomic E-state index is 0.149. The lowest BCUT2D eigenvalue weighted by Gasteiger charge is -2.30. The van der Waals surface area contributed by atoms with Gasteiger partial charge in [0.05, 0.1) is 16.6 Å². The van der Waals surface area contributed by atoms with E-state index < -0.39 is 5.63 Å². The fourth-order valence-electron chi connectivity index (χ4n) is 3.88. The number of piperidine rings is 1. The van der Waals surface area contributed by atoms with Crippen LogP contribution in [-0.4, -0.2) is 23.1 Å². The van der Waals surface area contributed by atoms with Crippen LogP contribution in [0.25, 0.3) is 33.3 Å². The van der Waals surface area contributed by atoms with Crippen LogP contribution in [0.15, 0.2) is 57.9 Å². The molecule has 1 saturated heterocycles. The Balaban J connectivity index is 1.74. The predicted molar refractivity (Wildman–Crippen MR) is 112 cm³/mol. The molecule has 1 aliphatic rings. The highest BCUT2D eigenvalue weighted by Crippen LogP contribution is 2.36. The molecule has 0 bridgehead atoms. The summed E-state index contributed by atoms with van der Waals surface area (Å²) in [4.78, 5) is 23.8. The summed E-state index contributed by atoms with van der Waals surface area (Å²) in [6.07, 6.45) is 5.11.